The lowest BCUT2D eigenvalue weighted by Crippen LogP contribution is -2.31. The first-order valence-electron chi connectivity index (χ1n) is 8.18. The fourth-order valence-electron chi connectivity index (χ4n) is 2.91. The van der Waals surface area contributed by atoms with Crippen molar-refractivity contribution in [2.45, 2.75) is 19.4 Å². The molecule has 1 N–H and O–H groups in total. The number of amides is 1. The fraction of sp³-hybridized carbons (Fsp3) is 0.278. The summed E-state index contributed by atoms with van der Waals surface area (Å²) < 4.78 is 5.90. The van der Waals surface area contributed by atoms with Gasteiger partial charge in [0.25, 0.3) is 5.91 Å². The highest BCUT2D eigenvalue weighted by molar-refractivity contribution is 7.13. The predicted molar refractivity (Wildman–Crippen MR) is 95.8 cm³/mol. The molecule has 6 nitrogen and oxygen atoms in total. The van der Waals surface area contributed by atoms with Gasteiger partial charge in [0.15, 0.2) is 5.69 Å². The molecular formula is C18H18N4O2S. The number of hydrogen-bond donors (Lipinski definition) is 1. The van der Waals surface area contributed by atoms with Crippen LogP contribution in [0, 0.1) is 6.92 Å². The molecule has 1 atom stereocenters. The Morgan fingerprint density at radius 1 is 1.36 bits per heavy atom. The number of rotatable bonds is 4. The second kappa shape index (κ2) is 6.68. The largest absolute Gasteiger partial charge is 0.472 e. The lowest BCUT2D eigenvalue weighted by molar-refractivity contribution is 0.0765. The Labute approximate surface area is 149 Å². The average molecular weight is 354 g/mol. The van der Waals surface area contributed by atoms with E-state index in [2.05, 4.69) is 15.2 Å². The molecule has 1 aliphatic heterocycles. The van der Waals surface area contributed by atoms with Crippen LogP contribution in [0.15, 0.2) is 41.8 Å². The summed E-state index contributed by atoms with van der Waals surface area (Å²) in [6, 6.07) is 11.5. The van der Waals surface area contributed by atoms with E-state index in [1.165, 1.54) is 0 Å². The third-order valence-electron chi connectivity index (χ3n) is 4.17. The summed E-state index contributed by atoms with van der Waals surface area (Å²) >= 11 is 1.61. The van der Waals surface area contributed by atoms with E-state index in [0.717, 1.165) is 22.7 Å². The summed E-state index contributed by atoms with van der Waals surface area (Å²) in [7, 11) is 0. The van der Waals surface area contributed by atoms with Crippen LogP contribution in [0.5, 0.6) is 5.88 Å². The zero-order chi connectivity index (χ0) is 17.2. The molecule has 0 bridgehead atoms. The summed E-state index contributed by atoms with van der Waals surface area (Å²) in [5.74, 6) is 0.543. The number of thiophene rings is 1. The van der Waals surface area contributed by atoms with Crippen molar-refractivity contribution in [1.82, 2.24) is 20.1 Å². The molecule has 0 spiro atoms. The zero-order valence-electron chi connectivity index (χ0n) is 13.8. The maximum atomic E-state index is 12.7. The molecule has 3 aromatic rings. The number of pyridine rings is 1. The second-order valence-electron chi connectivity index (χ2n) is 6.04. The third kappa shape index (κ3) is 3.41. The number of aryl methyl sites for hydroxylation is 1. The van der Waals surface area contributed by atoms with E-state index in [9.17, 15) is 4.79 Å². The van der Waals surface area contributed by atoms with E-state index in [1.807, 2.05) is 48.7 Å². The van der Waals surface area contributed by atoms with Crippen molar-refractivity contribution in [2.75, 3.05) is 13.1 Å². The van der Waals surface area contributed by atoms with Crippen molar-refractivity contribution in [3.05, 3.63) is 53.2 Å². The van der Waals surface area contributed by atoms with Gasteiger partial charge in [-0.05, 0) is 30.5 Å². The minimum absolute atomic E-state index is 0.0334. The summed E-state index contributed by atoms with van der Waals surface area (Å²) in [4.78, 5) is 19.9. The molecule has 1 fully saturated rings. The molecule has 1 amide bonds. The van der Waals surface area contributed by atoms with Crippen LogP contribution in [0.2, 0.25) is 0 Å². The number of carbonyl (C=O) groups excluding carboxylic acids is 1. The van der Waals surface area contributed by atoms with Crippen molar-refractivity contribution in [3.63, 3.8) is 0 Å². The van der Waals surface area contributed by atoms with Crippen LogP contribution >= 0.6 is 11.3 Å². The molecule has 4 heterocycles. The average Bonchev–Trinajstić information content (AvgIpc) is 3.35. The molecule has 25 heavy (non-hydrogen) atoms. The first-order valence-corrected chi connectivity index (χ1v) is 9.06. The highest BCUT2D eigenvalue weighted by atomic mass is 32.1. The number of hydrogen-bond acceptors (Lipinski definition) is 5. The van der Waals surface area contributed by atoms with Gasteiger partial charge in [0.2, 0.25) is 5.88 Å². The van der Waals surface area contributed by atoms with E-state index >= 15 is 0 Å². The van der Waals surface area contributed by atoms with Gasteiger partial charge in [-0.2, -0.15) is 5.10 Å². The number of nitrogens with one attached hydrogen (secondary N) is 1. The minimum Gasteiger partial charge on any atom is -0.472 e. The van der Waals surface area contributed by atoms with E-state index in [-0.39, 0.29) is 12.0 Å². The van der Waals surface area contributed by atoms with Crippen LogP contribution in [0.3, 0.4) is 0 Å². The Morgan fingerprint density at radius 3 is 3.08 bits per heavy atom. The molecule has 4 rings (SSSR count). The lowest BCUT2D eigenvalue weighted by atomic mass is 10.3. The van der Waals surface area contributed by atoms with Gasteiger partial charge in [-0.15, -0.1) is 11.3 Å². The van der Waals surface area contributed by atoms with Crippen LogP contribution in [0.25, 0.3) is 10.6 Å². The molecule has 3 aromatic heterocycles. The van der Waals surface area contributed by atoms with E-state index < -0.39 is 0 Å². The Hall–Kier alpha value is -2.67. The van der Waals surface area contributed by atoms with Crippen LogP contribution in [-0.2, 0) is 0 Å². The van der Waals surface area contributed by atoms with E-state index in [1.54, 1.807) is 16.2 Å². The minimum atomic E-state index is -0.0673. The molecule has 1 aliphatic rings. The Bertz CT molecular complexity index is 875. The van der Waals surface area contributed by atoms with Gasteiger partial charge in [-0.1, -0.05) is 12.1 Å². The maximum absolute atomic E-state index is 12.7. The van der Waals surface area contributed by atoms with Crippen molar-refractivity contribution in [1.29, 1.82) is 0 Å². The Balaban J connectivity index is 1.40. The number of likely N-dealkylation sites (tertiary alicyclic amines) is 1. The molecule has 1 unspecified atom stereocenters. The van der Waals surface area contributed by atoms with Crippen molar-refractivity contribution in [2.24, 2.45) is 0 Å². The summed E-state index contributed by atoms with van der Waals surface area (Å²) in [6.07, 6.45) is 0.762. The van der Waals surface area contributed by atoms with Gasteiger partial charge >= 0.3 is 0 Å². The molecule has 7 heteroatoms. The number of nitrogens with zero attached hydrogens (tertiary/aromatic N) is 3. The van der Waals surface area contributed by atoms with Crippen LogP contribution in [0.1, 0.15) is 22.6 Å². The number of aromatic nitrogens is 3. The molecule has 0 aliphatic carbocycles. The number of aromatic amines is 1. The number of carbonyl (C=O) groups is 1. The second-order valence-corrected chi connectivity index (χ2v) is 6.99. The highest BCUT2D eigenvalue weighted by Gasteiger charge is 2.29. The van der Waals surface area contributed by atoms with Crippen LogP contribution in [0.4, 0.5) is 0 Å². The molecule has 0 radical (unpaired) electrons. The fourth-order valence-corrected chi connectivity index (χ4v) is 3.61. The normalized spacial score (nSPS) is 17.0. The summed E-state index contributed by atoms with van der Waals surface area (Å²) in [5.41, 5.74) is 2.23. The van der Waals surface area contributed by atoms with E-state index in [0.29, 0.717) is 24.7 Å². The van der Waals surface area contributed by atoms with Gasteiger partial charge in [0.05, 0.1) is 17.1 Å². The third-order valence-corrected chi connectivity index (χ3v) is 5.07. The topological polar surface area (TPSA) is 71.1 Å². The van der Waals surface area contributed by atoms with Gasteiger partial charge < -0.3 is 9.64 Å². The highest BCUT2D eigenvalue weighted by Crippen LogP contribution is 2.24. The standard InChI is InChI=1S/C18H18N4O2S/c1-12-4-2-6-17(19-12)24-13-7-8-22(11-13)18(23)15-10-14(20-21-15)16-5-3-9-25-16/h2-6,9-10,13H,7-8,11H2,1H3,(H,20,21). The first-order chi connectivity index (χ1) is 12.2. The Morgan fingerprint density at radius 2 is 2.28 bits per heavy atom. The first kappa shape index (κ1) is 15.8. The molecule has 128 valence electrons. The quantitative estimate of drug-likeness (QED) is 0.781. The smallest absolute Gasteiger partial charge is 0.274 e. The summed E-state index contributed by atoms with van der Waals surface area (Å²) in [5, 5.41) is 9.12. The lowest BCUT2D eigenvalue weighted by Gasteiger charge is -2.16. The van der Waals surface area contributed by atoms with Crippen molar-refractivity contribution < 1.29 is 9.53 Å². The molecule has 1 saturated heterocycles. The Kier molecular flexibility index (Phi) is 4.23. The molecular weight excluding hydrogens is 336 g/mol. The predicted octanol–water partition coefficient (Wildman–Crippen LogP) is 3.14. The van der Waals surface area contributed by atoms with Crippen LogP contribution < -0.4 is 4.74 Å². The van der Waals surface area contributed by atoms with Gasteiger partial charge in [-0.3, -0.25) is 9.89 Å². The van der Waals surface area contributed by atoms with Crippen molar-refractivity contribution in [3.8, 4) is 16.5 Å². The monoisotopic (exact) mass is 354 g/mol. The van der Waals surface area contributed by atoms with Crippen LogP contribution in [-0.4, -0.2) is 45.2 Å². The maximum Gasteiger partial charge on any atom is 0.274 e. The van der Waals surface area contributed by atoms with Gasteiger partial charge in [-0.25, -0.2) is 4.98 Å². The molecule has 0 saturated carbocycles. The summed E-state index contributed by atoms with van der Waals surface area (Å²) in [6.45, 7) is 3.15. The number of ether oxygens (including phenoxy) is 1. The van der Waals surface area contributed by atoms with Gasteiger partial charge in [0, 0.05) is 24.7 Å². The van der Waals surface area contributed by atoms with E-state index in [4.69, 9.17) is 4.74 Å². The number of H-pyrrole nitrogens is 1. The van der Waals surface area contributed by atoms with Crippen molar-refractivity contribution >= 4 is 17.2 Å². The molecule has 0 aromatic carbocycles. The SMILES string of the molecule is Cc1cccc(OC2CCN(C(=O)c3cc(-c4cccs4)[nH]n3)C2)n1. The van der Waals surface area contributed by atoms with Gasteiger partial charge in [0.1, 0.15) is 6.10 Å². The zero-order valence-corrected chi connectivity index (χ0v) is 14.6.